The normalized spacial score (nSPS) is 16.4. The fourth-order valence-corrected chi connectivity index (χ4v) is 3.79. The van der Waals surface area contributed by atoms with Gasteiger partial charge in [0.1, 0.15) is 11.5 Å². The van der Waals surface area contributed by atoms with E-state index >= 15 is 0 Å². The fraction of sp³-hybridized carbons (Fsp3) is 0.350. The highest BCUT2D eigenvalue weighted by Crippen LogP contribution is 2.30. The van der Waals surface area contributed by atoms with Gasteiger partial charge in [-0.2, -0.15) is 5.10 Å². The number of aromatic amines is 1. The first kappa shape index (κ1) is 17.6. The molecule has 0 saturated carbocycles. The Kier molecular flexibility index (Phi) is 5.11. The summed E-state index contributed by atoms with van der Waals surface area (Å²) >= 11 is 0. The molecule has 1 N–H and O–H groups in total. The minimum absolute atomic E-state index is 0.264. The molecule has 0 aliphatic carbocycles. The summed E-state index contributed by atoms with van der Waals surface area (Å²) < 4.78 is 13.7. The molecule has 1 unspecified atom stereocenters. The molecule has 1 aromatic carbocycles. The Morgan fingerprint density at radius 2 is 1.96 bits per heavy atom. The van der Waals surface area contributed by atoms with Crippen molar-refractivity contribution in [2.45, 2.75) is 19.4 Å². The van der Waals surface area contributed by atoms with E-state index in [1.165, 1.54) is 17.7 Å². The molecule has 1 fully saturated rings. The van der Waals surface area contributed by atoms with E-state index in [-0.39, 0.29) is 5.82 Å². The van der Waals surface area contributed by atoms with Gasteiger partial charge in [0.05, 0.1) is 6.20 Å². The van der Waals surface area contributed by atoms with Crippen LogP contribution in [0.5, 0.6) is 0 Å². The van der Waals surface area contributed by atoms with Crippen molar-refractivity contribution in [3.63, 3.8) is 0 Å². The Morgan fingerprint density at radius 3 is 2.67 bits per heavy atom. The van der Waals surface area contributed by atoms with Gasteiger partial charge in [0.25, 0.3) is 0 Å². The summed E-state index contributed by atoms with van der Waals surface area (Å²) in [5, 5.41) is 7.00. The van der Waals surface area contributed by atoms with E-state index in [9.17, 15) is 4.39 Å². The predicted octanol–water partition coefficient (Wildman–Crippen LogP) is 3.28. The van der Waals surface area contributed by atoms with E-state index in [4.69, 9.17) is 0 Å². The number of nitrogens with zero attached hydrogens (tertiary/aromatic N) is 5. The summed E-state index contributed by atoms with van der Waals surface area (Å²) in [5.74, 6) is 0.555. The zero-order valence-corrected chi connectivity index (χ0v) is 15.3. The van der Waals surface area contributed by atoms with Crippen LogP contribution in [0, 0.1) is 5.82 Å². The van der Waals surface area contributed by atoms with Gasteiger partial charge < -0.3 is 4.90 Å². The van der Waals surface area contributed by atoms with Crippen molar-refractivity contribution < 1.29 is 4.39 Å². The molecule has 1 aliphatic heterocycles. The summed E-state index contributed by atoms with van der Waals surface area (Å²) in [5.41, 5.74) is 2.71. The Hall–Kier alpha value is -2.80. The molecule has 0 amide bonds. The van der Waals surface area contributed by atoms with Gasteiger partial charge in [-0.05, 0) is 18.6 Å². The summed E-state index contributed by atoms with van der Waals surface area (Å²) in [4.78, 5) is 13.8. The van der Waals surface area contributed by atoms with E-state index in [1.54, 1.807) is 18.5 Å². The number of benzene rings is 1. The molecule has 1 aliphatic rings. The number of anilines is 1. The molecule has 140 valence electrons. The highest BCUT2D eigenvalue weighted by molar-refractivity contribution is 5.72. The number of nitrogens with one attached hydrogen (secondary N) is 1. The molecule has 0 bridgehead atoms. The lowest BCUT2D eigenvalue weighted by atomic mass is 10.1. The van der Waals surface area contributed by atoms with Gasteiger partial charge >= 0.3 is 0 Å². The van der Waals surface area contributed by atoms with Crippen molar-refractivity contribution in [3.8, 4) is 11.3 Å². The average Bonchev–Trinajstić information content (AvgIpc) is 3.24. The maximum absolute atomic E-state index is 13.7. The van der Waals surface area contributed by atoms with Crippen LogP contribution in [-0.2, 0) is 0 Å². The molecule has 6 nitrogen and oxygen atoms in total. The lowest BCUT2D eigenvalue weighted by molar-refractivity contribution is 0.181. The topological polar surface area (TPSA) is 60.9 Å². The fourth-order valence-electron chi connectivity index (χ4n) is 3.79. The smallest absolute Gasteiger partial charge is 0.155 e. The third-order valence-corrected chi connectivity index (χ3v) is 5.12. The highest BCUT2D eigenvalue weighted by atomic mass is 19.1. The Bertz CT molecular complexity index is 874. The molecule has 1 saturated heterocycles. The van der Waals surface area contributed by atoms with Gasteiger partial charge in [-0.1, -0.05) is 19.1 Å². The monoisotopic (exact) mass is 366 g/mol. The molecule has 3 heterocycles. The van der Waals surface area contributed by atoms with Crippen LogP contribution in [0.1, 0.15) is 24.9 Å². The average molecular weight is 366 g/mol. The van der Waals surface area contributed by atoms with Crippen LogP contribution in [0.4, 0.5) is 10.2 Å². The molecule has 0 radical (unpaired) electrons. The largest absolute Gasteiger partial charge is 0.352 e. The zero-order valence-electron chi connectivity index (χ0n) is 15.3. The van der Waals surface area contributed by atoms with Crippen LogP contribution in [0.15, 0.2) is 49.1 Å². The van der Waals surface area contributed by atoms with Gasteiger partial charge in [0.2, 0.25) is 0 Å². The van der Waals surface area contributed by atoms with Crippen LogP contribution >= 0.6 is 0 Å². The van der Waals surface area contributed by atoms with Gasteiger partial charge in [0, 0.05) is 61.9 Å². The first-order valence-electron chi connectivity index (χ1n) is 9.31. The van der Waals surface area contributed by atoms with E-state index < -0.39 is 0 Å². The molecular weight excluding hydrogens is 343 g/mol. The van der Waals surface area contributed by atoms with Gasteiger partial charge in [-0.25, -0.2) is 9.37 Å². The van der Waals surface area contributed by atoms with Crippen molar-refractivity contribution in [1.82, 2.24) is 25.1 Å². The van der Waals surface area contributed by atoms with Crippen LogP contribution in [0.3, 0.4) is 0 Å². The van der Waals surface area contributed by atoms with Crippen LogP contribution in [0.25, 0.3) is 11.3 Å². The van der Waals surface area contributed by atoms with E-state index in [2.05, 4.69) is 36.9 Å². The second-order valence-electron chi connectivity index (χ2n) is 6.72. The van der Waals surface area contributed by atoms with Gasteiger partial charge in [-0.3, -0.25) is 15.0 Å². The van der Waals surface area contributed by atoms with Crippen LogP contribution in [0.2, 0.25) is 0 Å². The third-order valence-electron chi connectivity index (χ3n) is 5.12. The van der Waals surface area contributed by atoms with Crippen molar-refractivity contribution in [1.29, 1.82) is 0 Å². The third kappa shape index (κ3) is 3.68. The quantitative estimate of drug-likeness (QED) is 0.751. The van der Waals surface area contributed by atoms with E-state index in [1.807, 2.05) is 18.5 Å². The molecule has 1 atom stereocenters. The van der Waals surface area contributed by atoms with Crippen LogP contribution < -0.4 is 4.90 Å². The number of halogens is 1. The number of hydrogen-bond acceptors (Lipinski definition) is 5. The minimum atomic E-state index is -0.264. The van der Waals surface area contributed by atoms with Gasteiger partial charge in [-0.15, -0.1) is 0 Å². The molecule has 2 aromatic heterocycles. The standard InChI is InChI=1S/C20H23FN6/c1-2-18(16-13-24-25-14-16)26-8-10-27(11-9-26)20-19(22-6-7-23-20)15-4-3-5-17(21)12-15/h3-7,12-14,18H,2,8-11H2,1H3,(H,24,25). The zero-order chi connectivity index (χ0) is 18.6. The SMILES string of the molecule is CCC(c1cn[nH]c1)N1CCN(c2nccnc2-c2cccc(F)c2)CC1. The number of piperazine rings is 1. The van der Waals surface area contributed by atoms with Crippen LogP contribution in [-0.4, -0.2) is 51.2 Å². The summed E-state index contributed by atoms with van der Waals surface area (Å²) in [6, 6.07) is 6.90. The molecule has 3 aromatic rings. The second kappa shape index (κ2) is 7.84. The first-order valence-corrected chi connectivity index (χ1v) is 9.31. The number of hydrogen-bond donors (Lipinski definition) is 1. The lowest BCUT2D eigenvalue weighted by Crippen LogP contribution is -2.48. The number of H-pyrrole nitrogens is 1. The minimum Gasteiger partial charge on any atom is -0.352 e. The Balaban J connectivity index is 1.52. The second-order valence-corrected chi connectivity index (χ2v) is 6.72. The molecule has 0 spiro atoms. The molecular formula is C20H23FN6. The maximum atomic E-state index is 13.7. The molecule has 7 heteroatoms. The van der Waals surface area contributed by atoms with E-state index in [0.29, 0.717) is 6.04 Å². The Morgan fingerprint density at radius 1 is 1.15 bits per heavy atom. The number of rotatable bonds is 5. The highest BCUT2D eigenvalue weighted by Gasteiger charge is 2.26. The Labute approximate surface area is 158 Å². The maximum Gasteiger partial charge on any atom is 0.155 e. The molecule has 27 heavy (non-hydrogen) atoms. The molecule has 4 rings (SSSR count). The summed E-state index contributed by atoms with van der Waals surface area (Å²) in [6.07, 6.45) is 8.28. The summed E-state index contributed by atoms with van der Waals surface area (Å²) in [7, 11) is 0. The predicted molar refractivity (Wildman–Crippen MR) is 103 cm³/mol. The summed E-state index contributed by atoms with van der Waals surface area (Å²) in [6.45, 7) is 5.78. The first-order chi connectivity index (χ1) is 13.3. The number of aromatic nitrogens is 4. The van der Waals surface area contributed by atoms with E-state index in [0.717, 1.165) is 49.7 Å². The van der Waals surface area contributed by atoms with Crippen molar-refractivity contribution in [3.05, 3.63) is 60.4 Å². The lowest BCUT2D eigenvalue weighted by Gasteiger charge is -2.39. The van der Waals surface area contributed by atoms with Crippen molar-refractivity contribution >= 4 is 5.82 Å². The van der Waals surface area contributed by atoms with Crippen molar-refractivity contribution in [2.75, 3.05) is 31.1 Å². The van der Waals surface area contributed by atoms with Gasteiger partial charge in [0.15, 0.2) is 5.82 Å². The van der Waals surface area contributed by atoms with Crippen molar-refractivity contribution in [2.24, 2.45) is 0 Å².